The lowest BCUT2D eigenvalue weighted by Gasteiger charge is -2.17. The molecule has 4 rings (SSSR count). The summed E-state index contributed by atoms with van der Waals surface area (Å²) in [5.41, 5.74) is 5.91. The molecule has 3 heterocycles. The maximum Gasteiger partial charge on any atom is 0.269 e. The summed E-state index contributed by atoms with van der Waals surface area (Å²) < 4.78 is 10.7. The van der Waals surface area contributed by atoms with Crippen LogP contribution in [0.15, 0.2) is 33.5 Å². The second-order valence-corrected chi connectivity index (χ2v) is 6.32. The van der Waals surface area contributed by atoms with E-state index in [1.165, 1.54) is 11.3 Å². The Hall–Kier alpha value is -1.70. The quantitative estimate of drug-likeness (QED) is 0.784. The Morgan fingerprint density at radius 1 is 1.27 bits per heavy atom. The van der Waals surface area contributed by atoms with E-state index in [2.05, 4.69) is 15.1 Å². The van der Waals surface area contributed by atoms with E-state index >= 15 is 0 Å². The molecule has 0 aromatic carbocycles. The van der Waals surface area contributed by atoms with Crippen LogP contribution in [-0.4, -0.2) is 15.1 Å². The lowest BCUT2D eigenvalue weighted by atomic mass is 9.99. The van der Waals surface area contributed by atoms with Crippen LogP contribution in [0.2, 0.25) is 0 Å². The van der Waals surface area contributed by atoms with Gasteiger partial charge in [-0.25, -0.2) is 4.98 Å². The minimum Gasteiger partial charge on any atom is -0.462 e. The summed E-state index contributed by atoms with van der Waals surface area (Å²) >= 11 is 1.46. The lowest BCUT2D eigenvalue weighted by molar-refractivity contribution is 0.373. The normalized spacial score (nSPS) is 16.6. The van der Waals surface area contributed by atoms with Crippen LogP contribution in [0.1, 0.15) is 31.5 Å². The van der Waals surface area contributed by atoms with Crippen LogP contribution in [-0.2, 0) is 5.54 Å². The Balaban J connectivity index is 0.00000144. The molecule has 1 fully saturated rings. The van der Waals surface area contributed by atoms with Crippen molar-refractivity contribution in [2.75, 3.05) is 0 Å². The maximum absolute atomic E-state index is 6.34. The first-order chi connectivity index (χ1) is 10.2. The molecule has 0 aliphatic heterocycles. The van der Waals surface area contributed by atoms with E-state index in [1.54, 1.807) is 12.5 Å². The van der Waals surface area contributed by atoms with Gasteiger partial charge < -0.3 is 14.7 Å². The van der Waals surface area contributed by atoms with Crippen LogP contribution in [0.25, 0.3) is 21.5 Å². The summed E-state index contributed by atoms with van der Waals surface area (Å²) in [5.74, 6) is 1.80. The van der Waals surface area contributed by atoms with E-state index in [0.29, 0.717) is 11.7 Å². The molecule has 8 heteroatoms. The molecule has 2 N–H and O–H groups in total. The summed E-state index contributed by atoms with van der Waals surface area (Å²) in [6.45, 7) is 0. The molecule has 116 valence electrons. The first kappa shape index (κ1) is 15.2. The number of nitrogens with two attached hydrogens (primary N) is 1. The Morgan fingerprint density at radius 2 is 2.09 bits per heavy atom. The summed E-state index contributed by atoms with van der Waals surface area (Å²) in [5, 5.41) is 4.85. The molecule has 0 radical (unpaired) electrons. The van der Waals surface area contributed by atoms with Crippen LogP contribution in [0.4, 0.5) is 0 Å². The highest BCUT2D eigenvalue weighted by atomic mass is 35.5. The Labute approximate surface area is 137 Å². The Kier molecular flexibility index (Phi) is 4.03. The van der Waals surface area contributed by atoms with Gasteiger partial charge in [-0.05, 0) is 25.0 Å². The molecule has 0 saturated heterocycles. The molecule has 6 nitrogen and oxygen atoms in total. The largest absolute Gasteiger partial charge is 0.462 e. The third-order valence-electron chi connectivity index (χ3n) is 3.82. The van der Waals surface area contributed by atoms with Gasteiger partial charge in [0.15, 0.2) is 16.6 Å². The van der Waals surface area contributed by atoms with Crippen molar-refractivity contribution in [2.45, 2.75) is 31.2 Å². The van der Waals surface area contributed by atoms with Crippen molar-refractivity contribution in [3.8, 4) is 21.5 Å². The van der Waals surface area contributed by atoms with Gasteiger partial charge in [-0.1, -0.05) is 18.0 Å². The highest BCUT2D eigenvalue weighted by Gasteiger charge is 2.36. The second-order valence-electron chi connectivity index (χ2n) is 5.29. The average molecular weight is 339 g/mol. The number of aromatic nitrogens is 3. The van der Waals surface area contributed by atoms with E-state index < -0.39 is 5.54 Å². The maximum atomic E-state index is 6.34. The molecule has 0 bridgehead atoms. The van der Waals surface area contributed by atoms with Crippen LogP contribution in [0, 0.1) is 0 Å². The van der Waals surface area contributed by atoms with E-state index in [1.807, 2.05) is 12.1 Å². The molecule has 1 aliphatic carbocycles. The third kappa shape index (κ3) is 2.55. The van der Waals surface area contributed by atoms with Crippen LogP contribution >= 0.6 is 23.7 Å². The van der Waals surface area contributed by atoms with Crippen molar-refractivity contribution in [3.63, 3.8) is 0 Å². The van der Waals surface area contributed by atoms with E-state index in [0.717, 1.165) is 41.3 Å². The van der Waals surface area contributed by atoms with Crippen LogP contribution < -0.4 is 5.73 Å². The fraction of sp³-hybridized carbons (Fsp3) is 0.357. The fourth-order valence-electron chi connectivity index (χ4n) is 2.64. The predicted octanol–water partition coefficient (Wildman–Crippen LogP) is 3.60. The van der Waals surface area contributed by atoms with Gasteiger partial charge in [0.2, 0.25) is 0 Å². The molecule has 0 atom stereocenters. The second kappa shape index (κ2) is 5.83. The minimum atomic E-state index is -0.434. The third-order valence-corrected chi connectivity index (χ3v) is 4.82. The van der Waals surface area contributed by atoms with Gasteiger partial charge in [-0.3, -0.25) is 0 Å². The topological polar surface area (TPSA) is 91.0 Å². The molecule has 0 unspecified atom stereocenters. The number of hydrogen-bond donors (Lipinski definition) is 1. The van der Waals surface area contributed by atoms with Crippen molar-refractivity contribution in [1.82, 2.24) is 15.1 Å². The zero-order chi connectivity index (χ0) is 14.3. The SMILES string of the molecule is Cl.NC1(c2noc(-c3cnc(-c4ccco4)s3)n2)CCCC1. The van der Waals surface area contributed by atoms with Gasteiger partial charge in [0.05, 0.1) is 18.0 Å². The van der Waals surface area contributed by atoms with Gasteiger partial charge in [-0.2, -0.15) is 4.98 Å². The van der Waals surface area contributed by atoms with Gasteiger partial charge in [-0.15, -0.1) is 23.7 Å². The number of hydrogen-bond acceptors (Lipinski definition) is 7. The molecule has 0 spiro atoms. The zero-order valence-electron chi connectivity index (χ0n) is 11.7. The standard InChI is InChI=1S/C14H14N4O2S.ClH/c15-14(5-1-2-6-14)13-17-11(20-18-13)10-8-16-12(21-10)9-4-3-7-19-9;/h3-4,7-8H,1-2,5-6,15H2;1H. The summed E-state index contributed by atoms with van der Waals surface area (Å²) in [6.07, 6.45) is 7.39. The van der Waals surface area contributed by atoms with Crippen molar-refractivity contribution < 1.29 is 8.94 Å². The fourth-order valence-corrected chi connectivity index (χ4v) is 3.45. The van der Waals surface area contributed by atoms with Gasteiger partial charge in [0.25, 0.3) is 5.89 Å². The predicted molar refractivity (Wildman–Crippen MR) is 84.7 cm³/mol. The number of thiazole rings is 1. The summed E-state index contributed by atoms with van der Waals surface area (Å²) in [7, 11) is 0. The van der Waals surface area contributed by atoms with Crippen molar-refractivity contribution in [2.24, 2.45) is 5.73 Å². The smallest absolute Gasteiger partial charge is 0.269 e. The minimum absolute atomic E-state index is 0. The first-order valence-corrected chi connectivity index (χ1v) is 7.69. The molecule has 22 heavy (non-hydrogen) atoms. The van der Waals surface area contributed by atoms with E-state index in [9.17, 15) is 0 Å². The number of furan rings is 1. The van der Waals surface area contributed by atoms with Gasteiger partial charge >= 0.3 is 0 Å². The van der Waals surface area contributed by atoms with Crippen molar-refractivity contribution >= 4 is 23.7 Å². The number of nitrogens with zero attached hydrogens (tertiary/aromatic N) is 3. The molecule has 3 aromatic rings. The average Bonchev–Trinajstić information content (AvgIpc) is 3.25. The van der Waals surface area contributed by atoms with Crippen LogP contribution in [0.5, 0.6) is 0 Å². The monoisotopic (exact) mass is 338 g/mol. The highest BCUT2D eigenvalue weighted by Crippen LogP contribution is 2.37. The van der Waals surface area contributed by atoms with E-state index in [-0.39, 0.29) is 12.4 Å². The number of rotatable bonds is 3. The Morgan fingerprint density at radius 3 is 2.82 bits per heavy atom. The van der Waals surface area contributed by atoms with Gasteiger partial charge in [0.1, 0.15) is 4.88 Å². The lowest BCUT2D eigenvalue weighted by Crippen LogP contribution is -2.34. The van der Waals surface area contributed by atoms with Crippen molar-refractivity contribution in [3.05, 3.63) is 30.4 Å². The number of halogens is 1. The Bertz CT molecular complexity index is 747. The van der Waals surface area contributed by atoms with E-state index in [4.69, 9.17) is 14.7 Å². The molecule has 0 amide bonds. The molecule has 1 saturated carbocycles. The molecule has 1 aliphatic rings. The van der Waals surface area contributed by atoms with Gasteiger partial charge in [0, 0.05) is 0 Å². The summed E-state index contributed by atoms with van der Waals surface area (Å²) in [4.78, 5) is 9.61. The highest BCUT2D eigenvalue weighted by molar-refractivity contribution is 7.18. The zero-order valence-corrected chi connectivity index (χ0v) is 13.3. The molecule has 3 aromatic heterocycles. The first-order valence-electron chi connectivity index (χ1n) is 6.88. The molecular formula is C14H15ClN4O2S. The van der Waals surface area contributed by atoms with Crippen LogP contribution in [0.3, 0.4) is 0 Å². The van der Waals surface area contributed by atoms with Crippen molar-refractivity contribution in [1.29, 1.82) is 0 Å². The molecular weight excluding hydrogens is 324 g/mol. The summed E-state index contributed by atoms with van der Waals surface area (Å²) in [6, 6.07) is 3.70.